The lowest BCUT2D eigenvalue weighted by Crippen LogP contribution is -2.45. The van der Waals surface area contributed by atoms with Gasteiger partial charge in [-0.2, -0.15) is 5.06 Å². The highest BCUT2D eigenvalue weighted by molar-refractivity contribution is 5.85. The molecule has 2 atom stereocenters. The molecule has 2 bridgehead atoms. The van der Waals surface area contributed by atoms with Crippen molar-refractivity contribution in [3.05, 3.63) is 48.6 Å². The Morgan fingerprint density at radius 3 is 2.83 bits per heavy atom. The quantitative estimate of drug-likeness (QED) is 0.596. The number of hydrogen-bond donors (Lipinski definition) is 0. The van der Waals surface area contributed by atoms with Crippen molar-refractivity contribution < 1.29 is 19.2 Å². The number of carbonyl (C=O) groups excluding carboxylic acids is 2. The molecule has 6 nitrogen and oxygen atoms in total. The Bertz CT molecular complexity index is 590. The largest absolute Gasteiger partial charge is 0.460 e. The summed E-state index contributed by atoms with van der Waals surface area (Å²) in [6.07, 6.45) is 2.84. The fourth-order valence-corrected chi connectivity index (χ4v) is 3.00. The molecule has 23 heavy (non-hydrogen) atoms. The van der Waals surface area contributed by atoms with E-state index in [1.165, 1.54) is 11.1 Å². The lowest BCUT2D eigenvalue weighted by atomic mass is 10.0. The molecular weight excluding hydrogens is 296 g/mol. The number of piperidine rings is 1. The SMILES string of the molecule is C=CCOC(=O)C1CC[C@@H]2CN1C(=O)N2OCc1ccccc1. The van der Waals surface area contributed by atoms with E-state index in [-0.39, 0.29) is 24.6 Å². The third-order valence-electron chi connectivity index (χ3n) is 4.15. The number of urea groups is 1. The third-order valence-corrected chi connectivity index (χ3v) is 4.15. The molecule has 0 radical (unpaired) electrons. The normalized spacial score (nSPS) is 23.0. The van der Waals surface area contributed by atoms with E-state index in [4.69, 9.17) is 9.57 Å². The Balaban J connectivity index is 1.62. The Kier molecular flexibility index (Phi) is 4.62. The Hall–Kier alpha value is -2.34. The predicted octanol–water partition coefficient (Wildman–Crippen LogP) is 2.12. The van der Waals surface area contributed by atoms with Crippen molar-refractivity contribution >= 4 is 12.0 Å². The lowest BCUT2D eigenvalue weighted by molar-refractivity contribution is -0.148. The molecule has 1 aromatic rings. The van der Waals surface area contributed by atoms with Crippen LogP contribution in [0.3, 0.4) is 0 Å². The number of fused-ring (bicyclic) bond motifs is 2. The summed E-state index contributed by atoms with van der Waals surface area (Å²) in [6.45, 7) is 4.52. The van der Waals surface area contributed by atoms with E-state index in [2.05, 4.69) is 6.58 Å². The van der Waals surface area contributed by atoms with Crippen LogP contribution in [0.15, 0.2) is 43.0 Å². The minimum absolute atomic E-state index is 0.00494. The molecule has 0 aromatic heterocycles. The molecule has 1 aromatic carbocycles. The number of carbonyl (C=O) groups is 2. The van der Waals surface area contributed by atoms with Gasteiger partial charge in [-0.3, -0.25) is 4.84 Å². The summed E-state index contributed by atoms with van der Waals surface area (Å²) >= 11 is 0. The second-order valence-corrected chi connectivity index (χ2v) is 5.69. The molecule has 2 amide bonds. The molecule has 1 unspecified atom stereocenters. The van der Waals surface area contributed by atoms with E-state index in [0.717, 1.165) is 12.0 Å². The van der Waals surface area contributed by atoms with Gasteiger partial charge in [0.15, 0.2) is 0 Å². The van der Waals surface area contributed by atoms with Gasteiger partial charge in [-0.05, 0) is 18.4 Å². The average molecular weight is 316 g/mol. The maximum atomic E-state index is 12.5. The smallest absolute Gasteiger partial charge is 0.345 e. The molecule has 0 aliphatic carbocycles. The van der Waals surface area contributed by atoms with Crippen LogP contribution < -0.4 is 0 Å². The third kappa shape index (κ3) is 3.22. The molecular formula is C17H20N2O4. The number of ether oxygens (including phenoxy) is 1. The number of nitrogens with zero attached hydrogens (tertiary/aromatic N) is 2. The molecule has 2 heterocycles. The molecule has 122 valence electrons. The van der Waals surface area contributed by atoms with E-state index >= 15 is 0 Å². The Morgan fingerprint density at radius 2 is 2.09 bits per heavy atom. The second-order valence-electron chi connectivity index (χ2n) is 5.69. The minimum Gasteiger partial charge on any atom is -0.460 e. The van der Waals surface area contributed by atoms with Crippen LogP contribution in [0.4, 0.5) is 4.79 Å². The van der Waals surface area contributed by atoms with Crippen molar-refractivity contribution in [3.63, 3.8) is 0 Å². The van der Waals surface area contributed by atoms with Crippen LogP contribution in [-0.4, -0.2) is 47.2 Å². The second kappa shape index (κ2) is 6.83. The summed E-state index contributed by atoms with van der Waals surface area (Å²) in [5.74, 6) is -0.374. The van der Waals surface area contributed by atoms with Crippen molar-refractivity contribution in [2.75, 3.05) is 13.2 Å². The van der Waals surface area contributed by atoms with Crippen molar-refractivity contribution in [1.29, 1.82) is 0 Å². The van der Waals surface area contributed by atoms with E-state index in [1.807, 2.05) is 30.3 Å². The van der Waals surface area contributed by atoms with Gasteiger partial charge >= 0.3 is 12.0 Å². The van der Waals surface area contributed by atoms with Gasteiger partial charge in [0.2, 0.25) is 0 Å². The number of esters is 1. The zero-order valence-corrected chi connectivity index (χ0v) is 12.9. The minimum atomic E-state index is -0.524. The van der Waals surface area contributed by atoms with Gasteiger partial charge in [0.05, 0.1) is 6.04 Å². The van der Waals surface area contributed by atoms with E-state index < -0.39 is 6.04 Å². The molecule has 3 rings (SSSR count). The van der Waals surface area contributed by atoms with Gasteiger partial charge in [-0.15, -0.1) is 0 Å². The summed E-state index contributed by atoms with van der Waals surface area (Å²) in [5, 5.41) is 1.41. The van der Waals surface area contributed by atoms with Crippen LogP contribution in [0.1, 0.15) is 18.4 Å². The first-order valence-corrected chi connectivity index (χ1v) is 7.75. The van der Waals surface area contributed by atoms with E-state index in [0.29, 0.717) is 19.6 Å². The molecule has 0 saturated carbocycles. The van der Waals surface area contributed by atoms with Crippen LogP contribution in [0.5, 0.6) is 0 Å². The first-order valence-electron chi connectivity index (χ1n) is 7.75. The first-order chi connectivity index (χ1) is 11.2. The lowest BCUT2D eigenvalue weighted by Gasteiger charge is -2.28. The molecule has 0 N–H and O–H groups in total. The number of rotatable bonds is 6. The summed E-state index contributed by atoms with van der Waals surface area (Å²) in [7, 11) is 0. The number of amides is 2. The molecule has 0 spiro atoms. The van der Waals surface area contributed by atoms with E-state index in [9.17, 15) is 9.59 Å². The average Bonchev–Trinajstić information content (AvgIpc) is 2.83. The monoisotopic (exact) mass is 316 g/mol. The number of benzene rings is 1. The Labute approximate surface area is 135 Å². The van der Waals surface area contributed by atoms with Crippen LogP contribution in [0, 0.1) is 0 Å². The van der Waals surface area contributed by atoms with Gasteiger partial charge in [0, 0.05) is 6.54 Å². The molecule has 2 fully saturated rings. The fourth-order valence-electron chi connectivity index (χ4n) is 3.00. The van der Waals surface area contributed by atoms with Gasteiger partial charge in [-0.25, -0.2) is 9.59 Å². The van der Waals surface area contributed by atoms with Crippen LogP contribution in [0.25, 0.3) is 0 Å². The number of hydroxylamine groups is 2. The standard InChI is InChI=1S/C17H20N2O4/c1-2-10-22-16(20)15-9-8-14-11-18(15)17(21)19(14)23-12-13-6-4-3-5-7-13/h2-7,14-15H,1,8-12H2/t14-,15?/m1/s1. The highest BCUT2D eigenvalue weighted by Gasteiger charge is 2.48. The number of hydrogen-bond acceptors (Lipinski definition) is 4. The predicted molar refractivity (Wildman–Crippen MR) is 83.1 cm³/mol. The zero-order valence-electron chi connectivity index (χ0n) is 12.9. The maximum absolute atomic E-state index is 12.5. The molecule has 6 heteroatoms. The summed E-state index contributed by atoms with van der Waals surface area (Å²) in [4.78, 5) is 31.8. The van der Waals surface area contributed by atoms with Crippen molar-refractivity contribution in [2.45, 2.75) is 31.5 Å². The summed E-state index contributed by atoms with van der Waals surface area (Å²) in [6, 6.07) is 8.89. The molecule has 2 saturated heterocycles. The van der Waals surface area contributed by atoms with E-state index in [1.54, 1.807) is 4.90 Å². The van der Waals surface area contributed by atoms with Crippen LogP contribution >= 0.6 is 0 Å². The van der Waals surface area contributed by atoms with Crippen molar-refractivity contribution in [3.8, 4) is 0 Å². The van der Waals surface area contributed by atoms with Gasteiger partial charge in [-0.1, -0.05) is 43.0 Å². The van der Waals surface area contributed by atoms with Gasteiger partial charge < -0.3 is 9.64 Å². The van der Waals surface area contributed by atoms with Crippen LogP contribution in [-0.2, 0) is 21.0 Å². The highest BCUT2D eigenvalue weighted by Crippen LogP contribution is 2.31. The van der Waals surface area contributed by atoms with Crippen molar-refractivity contribution in [2.24, 2.45) is 0 Å². The van der Waals surface area contributed by atoms with Gasteiger partial charge in [0.25, 0.3) is 0 Å². The highest BCUT2D eigenvalue weighted by atomic mass is 16.7. The summed E-state index contributed by atoms with van der Waals surface area (Å²) in [5.41, 5.74) is 0.999. The maximum Gasteiger partial charge on any atom is 0.345 e. The van der Waals surface area contributed by atoms with Gasteiger partial charge in [0.1, 0.15) is 19.3 Å². The van der Waals surface area contributed by atoms with Crippen LogP contribution in [0.2, 0.25) is 0 Å². The fraction of sp³-hybridized carbons (Fsp3) is 0.412. The first kappa shape index (κ1) is 15.6. The molecule has 2 aliphatic rings. The topological polar surface area (TPSA) is 59.1 Å². The Morgan fingerprint density at radius 1 is 1.30 bits per heavy atom. The van der Waals surface area contributed by atoms with Crippen molar-refractivity contribution in [1.82, 2.24) is 9.96 Å². The summed E-state index contributed by atoms with van der Waals surface area (Å²) < 4.78 is 5.08. The molecule has 2 aliphatic heterocycles. The zero-order chi connectivity index (χ0) is 16.2.